The van der Waals surface area contributed by atoms with Crippen molar-refractivity contribution in [3.05, 3.63) is 29.1 Å². The summed E-state index contributed by atoms with van der Waals surface area (Å²) in [6.45, 7) is 3.54. The maximum absolute atomic E-state index is 14.1. The molecule has 0 saturated carbocycles. The lowest BCUT2D eigenvalue weighted by molar-refractivity contribution is 0.0655. The topological polar surface area (TPSA) is 49.6 Å². The number of hydrogen-bond donors (Lipinski definition) is 1. The number of aryl methyl sites for hydroxylation is 1. The number of benzene rings is 1. The first kappa shape index (κ1) is 14.8. The van der Waals surface area contributed by atoms with Crippen molar-refractivity contribution in [2.75, 3.05) is 32.9 Å². The van der Waals surface area contributed by atoms with Gasteiger partial charge in [-0.3, -0.25) is 4.79 Å². The van der Waals surface area contributed by atoms with E-state index in [9.17, 15) is 9.18 Å². The van der Waals surface area contributed by atoms with Gasteiger partial charge in [0.1, 0.15) is 5.82 Å². The second kappa shape index (κ2) is 5.79. The Morgan fingerprint density at radius 3 is 2.60 bits per heavy atom. The maximum atomic E-state index is 14.1. The highest BCUT2D eigenvalue weighted by Gasteiger charge is 2.26. The van der Waals surface area contributed by atoms with Gasteiger partial charge in [0, 0.05) is 18.8 Å². The second-order valence-corrected chi connectivity index (χ2v) is 5.65. The number of carbonyl (C=O) groups excluding carboxylic acids is 1. The third kappa shape index (κ3) is 2.93. The van der Waals surface area contributed by atoms with Crippen LogP contribution in [0.5, 0.6) is 0 Å². The molecule has 2 rings (SSSR count). The van der Waals surface area contributed by atoms with Gasteiger partial charge in [-0.05, 0) is 57.6 Å². The Bertz CT molecular complexity index is 510. The number of anilines is 1. The number of likely N-dealkylation sites (tertiary alicyclic amines) is 1. The summed E-state index contributed by atoms with van der Waals surface area (Å²) in [6, 6.07) is 3.14. The fourth-order valence-corrected chi connectivity index (χ4v) is 2.69. The van der Waals surface area contributed by atoms with E-state index in [1.165, 1.54) is 6.07 Å². The van der Waals surface area contributed by atoms with Gasteiger partial charge in [0.05, 0.1) is 5.56 Å². The quantitative estimate of drug-likeness (QED) is 0.841. The number of nitrogen functional groups attached to an aromatic ring is 1. The van der Waals surface area contributed by atoms with Crippen molar-refractivity contribution >= 4 is 11.6 Å². The van der Waals surface area contributed by atoms with Crippen LogP contribution in [0.4, 0.5) is 10.1 Å². The van der Waals surface area contributed by atoms with E-state index in [0.29, 0.717) is 11.3 Å². The fourth-order valence-electron chi connectivity index (χ4n) is 2.69. The van der Waals surface area contributed by atoms with Crippen LogP contribution in [0.1, 0.15) is 28.8 Å². The van der Waals surface area contributed by atoms with E-state index in [0.717, 1.165) is 25.9 Å². The fraction of sp³-hybridized carbons (Fsp3) is 0.533. The van der Waals surface area contributed by atoms with Gasteiger partial charge in [-0.25, -0.2) is 4.39 Å². The first-order valence-corrected chi connectivity index (χ1v) is 6.91. The summed E-state index contributed by atoms with van der Waals surface area (Å²) in [6.07, 6.45) is 1.84. The van der Waals surface area contributed by atoms with Crippen molar-refractivity contribution in [1.82, 2.24) is 9.80 Å². The third-order valence-electron chi connectivity index (χ3n) is 4.06. The summed E-state index contributed by atoms with van der Waals surface area (Å²) < 4.78 is 14.1. The Hall–Kier alpha value is -1.62. The van der Waals surface area contributed by atoms with E-state index in [-0.39, 0.29) is 17.5 Å². The Morgan fingerprint density at radius 2 is 2.00 bits per heavy atom. The van der Waals surface area contributed by atoms with E-state index in [1.54, 1.807) is 24.9 Å². The lowest BCUT2D eigenvalue weighted by atomic mass is 10.0. The molecule has 4 nitrogen and oxygen atoms in total. The van der Waals surface area contributed by atoms with Crippen LogP contribution in [0.15, 0.2) is 12.1 Å². The molecule has 2 N–H and O–H groups in total. The summed E-state index contributed by atoms with van der Waals surface area (Å²) in [7, 11) is 3.81. The molecule has 1 aliphatic heterocycles. The SMILES string of the molecule is Cc1cc(N)cc(C(=O)N(C)C2CCN(C)CC2)c1F. The molecule has 1 aromatic rings. The smallest absolute Gasteiger partial charge is 0.256 e. The van der Waals surface area contributed by atoms with Crippen LogP contribution in [0, 0.1) is 12.7 Å². The number of nitrogens with two attached hydrogens (primary N) is 1. The van der Waals surface area contributed by atoms with Gasteiger partial charge in [0.2, 0.25) is 0 Å². The number of piperidine rings is 1. The normalized spacial score (nSPS) is 17.2. The lowest BCUT2D eigenvalue weighted by Crippen LogP contribution is -2.44. The molecule has 1 heterocycles. The van der Waals surface area contributed by atoms with E-state index in [2.05, 4.69) is 11.9 Å². The summed E-state index contributed by atoms with van der Waals surface area (Å²) >= 11 is 0. The molecule has 0 aromatic heterocycles. The van der Waals surface area contributed by atoms with Crippen LogP contribution < -0.4 is 5.73 Å². The molecule has 1 aromatic carbocycles. The zero-order valence-electron chi connectivity index (χ0n) is 12.3. The van der Waals surface area contributed by atoms with Crippen LogP contribution in [0.25, 0.3) is 0 Å². The second-order valence-electron chi connectivity index (χ2n) is 5.65. The highest BCUT2D eigenvalue weighted by atomic mass is 19.1. The molecule has 1 amide bonds. The molecule has 5 heteroatoms. The molecule has 0 radical (unpaired) electrons. The number of hydrogen-bond acceptors (Lipinski definition) is 3. The minimum absolute atomic E-state index is 0.0731. The summed E-state index contributed by atoms with van der Waals surface area (Å²) in [5.74, 6) is -0.753. The maximum Gasteiger partial charge on any atom is 0.256 e. The number of halogens is 1. The average Bonchev–Trinajstić information content (AvgIpc) is 2.42. The summed E-state index contributed by atoms with van der Waals surface area (Å²) in [5, 5.41) is 0. The van der Waals surface area contributed by atoms with Crippen LogP contribution in [0.2, 0.25) is 0 Å². The molecule has 1 saturated heterocycles. The van der Waals surface area contributed by atoms with Crippen molar-refractivity contribution in [2.45, 2.75) is 25.8 Å². The zero-order chi connectivity index (χ0) is 14.9. The van der Waals surface area contributed by atoms with Gasteiger partial charge in [-0.1, -0.05) is 0 Å². The molecular formula is C15H22FN3O. The molecule has 1 aliphatic rings. The van der Waals surface area contributed by atoms with Crippen molar-refractivity contribution in [1.29, 1.82) is 0 Å². The first-order valence-electron chi connectivity index (χ1n) is 6.91. The van der Waals surface area contributed by atoms with E-state index < -0.39 is 5.82 Å². The highest BCUT2D eigenvalue weighted by Crippen LogP contribution is 2.21. The summed E-state index contributed by atoms with van der Waals surface area (Å²) in [4.78, 5) is 16.4. The predicted octanol–water partition coefficient (Wildman–Crippen LogP) is 1.88. The molecule has 20 heavy (non-hydrogen) atoms. The standard InChI is InChI=1S/C15H22FN3O/c1-10-8-11(17)9-13(14(10)16)15(20)19(3)12-4-6-18(2)7-5-12/h8-9,12H,4-7,17H2,1-3H3. The molecule has 0 spiro atoms. The Balaban J connectivity index is 2.19. The van der Waals surface area contributed by atoms with Crippen molar-refractivity contribution in [2.24, 2.45) is 0 Å². The minimum Gasteiger partial charge on any atom is -0.399 e. The molecule has 0 atom stereocenters. The Morgan fingerprint density at radius 1 is 1.40 bits per heavy atom. The van der Waals surface area contributed by atoms with E-state index >= 15 is 0 Å². The first-order chi connectivity index (χ1) is 9.40. The molecule has 1 fully saturated rings. The van der Waals surface area contributed by atoms with Gasteiger partial charge in [0.25, 0.3) is 5.91 Å². The minimum atomic E-state index is -0.469. The zero-order valence-corrected chi connectivity index (χ0v) is 12.3. The molecule has 0 aliphatic carbocycles. The van der Waals surface area contributed by atoms with Crippen LogP contribution >= 0.6 is 0 Å². The molecule has 110 valence electrons. The summed E-state index contributed by atoms with van der Waals surface area (Å²) in [5.41, 5.74) is 6.62. The van der Waals surface area contributed by atoms with Gasteiger partial charge in [0.15, 0.2) is 0 Å². The van der Waals surface area contributed by atoms with E-state index in [4.69, 9.17) is 5.73 Å². The van der Waals surface area contributed by atoms with Crippen LogP contribution in [-0.4, -0.2) is 48.9 Å². The molecule has 0 unspecified atom stereocenters. The number of carbonyl (C=O) groups is 1. The number of amides is 1. The van der Waals surface area contributed by atoms with E-state index in [1.807, 2.05) is 0 Å². The largest absolute Gasteiger partial charge is 0.399 e. The van der Waals surface area contributed by atoms with Crippen molar-refractivity contribution < 1.29 is 9.18 Å². The van der Waals surface area contributed by atoms with Gasteiger partial charge >= 0.3 is 0 Å². The van der Waals surface area contributed by atoms with Crippen LogP contribution in [-0.2, 0) is 0 Å². The Kier molecular flexibility index (Phi) is 4.28. The van der Waals surface area contributed by atoms with Crippen molar-refractivity contribution in [3.63, 3.8) is 0 Å². The average molecular weight is 279 g/mol. The van der Waals surface area contributed by atoms with Crippen molar-refractivity contribution in [3.8, 4) is 0 Å². The number of rotatable bonds is 2. The predicted molar refractivity (Wildman–Crippen MR) is 78.2 cm³/mol. The monoisotopic (exact) mass is 279 g/mol. The lowest BCUT2D eigenvalue weighted by Gasteiger charge is -2.35. The third-order valence-corrected chi connectivity index (χ3v) is 4.06. The van der Waals surface area contributed by atoms with Gasteiger partial charge in [-0.2, -0.15) is 0 Å². The number of nitrogens with zero attached hydrogens (tertiary/aromatic N) is 2. The Labute approximate surface area is 119 Å². The highest BCUT2D eigenvalue weighted by molar-refractivity contribution is 5.95. The van der Waals surface area contributed by atoms with Gasteiger partial charge in [-0.15, -0.1) is 0 Å². The molecule has 0 bridgehead atoms. The molecular weight excluding hydrogens is 257 g/mol. The van der Waals surface area contributed by atoms with Gasteiger partial charge < -0.3 is 15.5 Å². The van der Waals surface area contributed by atoms with Crippen LogP contribution in [0.3, 0.4) is 0 Å².